The van der Waals surface area contributed by atoms with Crippen LogP contribution in [0.25, 0.3) is 27.3 Å². The van der Waals surface area contributed by atoms with Crippen LogP contribution in [0.5, 0.6) is 0 Å². The van der Waals surface area contributed by atoms with Crippen LogP contribution in [-0.2, 0) is 0 Å². The summed E-state index contributed by atoms with van der Waals surface area (Å²) in [7, 11) is 0. The van der Waals surface area contributed by atoms with Crippen molar-refractivity contribution in [2.45, 2.75) is 0 Å². The topological polar surface area (TPSA) is 3.88 Å². The van der Waals surface area contributed by atoms with E-state index in [1.165, 1.54) is 21.6 Å². The van der Waals surface area contributed by atoms with Crippen molar-refractivity contribution in [2.24, 2.45) is 0 Å². The normalized spacial score (nSPS) is 10.8. The van der Waals surface area contributed by atoms with Gasteiger partial charge in [0.1, 0.15) is 21.4 Å². The van der Waals surface area contributed by atoms with Gasteiger partial charge in [-0.2, -0.15) is 0 Å². The van der Waals surface area contributed by atoms with Crippen molar-refractivity contribution in [3.63, 3.8) is 0 Å². The number of hydrogen-bond donors (Lipinski definition) is 0. The van der Waals surface area contributed by atoms with Crippen molar-refractivity contribution >= 4 is 34.7 Å². The molecule has 0 atom stereocenters. The lowest BCUT2D eigenvalue weighted by molar-refractivity contribution is -0.519. The van der Waals surface area contributed by atoms with Gasteiger partial charge in [-0.25, -0.2) is 0 Å². The highest BCUT2D eigenvalue weighted by Crippen LogP contribution is 2.35. The summed E-state index contributed by atoms with van der Waals surface area (Å²) >= 11 is 14.2. The molecule has 25 heavy (non-hydrogen) atoms. The number of hydrogen-bond acceptors (Lipinski definition) is 1. The molecule has 4 aromatic rings. The van der Waals surface area contributed by atoms with Gasteiger partial charge in [0, 0.05) is 11.1 Å². The van der Waals surface area contributed by atoms with E-state index in [4.69, 9.17) is 23.2 Å². The summed E-state index contributed by atoms with van der Waals surface area (Å²) in [6.45, 7) is 0. The third-order valence-corrected chi connectivity index (χ3v) is 5.64. The van der Waals surface area contributed by atoms with E-state index in [0.29, 0.717) is 10.0 Å². The highest BCUT2D eigenvalue weighted by Gasteiger charge is 2.23. The van der Waals surface area contributed by atoms with Crippen molar-refractivity contribution in [3.8, 4) is 27.3 Å². The van der Waals surface area contributed by atoms with E-state index >= 15 is 0 Å². The molecule has 0 fully saturated rings. The van der Waals surface area contributed by atoms with Crippen LogP contribution in [0.15, 0.2) is 85.1 Å². The molecule has 1 nitrogen and oxygen atoms in total. The van der Waals surface area contributed by atoms with Gasteiger partial charge in [0.05, 0.1) is 5.56 Å². The molecule has 0 aliphatic rings. The van der Waals surface area contributed by atoms with Gasteiger partial charge in [0.2, 0.25) is 5.69 Å². The minimum absolute atomic E-state index is 0.669. The Labute approximate surface area is 160 Å². The Morgan fingerprint density at radius 2 is 1.36 bits per heavy atom. The summed E-state index contributed by atoms with van der Waals surface area (Å²) < 4.78 is 2.08. The molecule has 0 bridgehead atoms. The first-order valence-corrected chi connectivity index (χ1v) is 9.37. The Morgan fingerprint density at radius 3 is 2.04 bits per heavy atom. The Hall–Kier alpha value is -2.13. The van der Waals surface area contributed by atoms with Crippen molar-refractivity contribution in [2.75, 3.05) is 0 Å². The lowest BCUT2D eigenvalue weighted by Gasteiger charge is -1.99. The highest BCUT2D eigenvalue weighted by molar-refractivity contribution is 7.06. The van der Waals surface area contributed by atoms with E-state index in [9.17, 15) is 0 Å². The van der Waals surface area contributed by atoms with Crippen LogP contribution < -0.4 is 3.96 Å². The van der Waals surface area contributed by atoms with Crippen LogP contribution in [0.3, 0.4) is 0 Å². The molecule has 4 rings (SSSR count). The van der Waals surface area contributed by atoms with E-state index in [1.807, 2.05) is 24.3 Å². The zero-order valence-corrected chi connectivity index (χ0v) is 15.5. The fraction of sp³-hybridized carbons (Fsp3) is 0. The summed E-state index contributed by atoms with van der Waals surface area (Å²) in [4.78, 5) is 1.20. The first-order valence-electron chi connectivity index (χ1n) is 7.84. The van der Waals surface area contributed by atoms with E-state index in [-0.39, 0.29) is 0 Å². The monoisotopic (exact) mass is 382 g/mol. The summed E-state index contributed by atoms with van der Waals surface area (Å²) in [5.74, 6) is 0. The number of halogens is 2. The fourth-order valence-corrected chi connectivity index (χ4v) is 4.28. The van der Waals surface area contributed by atoms with E-state index < -0.39 is 0 Å². The molecule has 0 unspecified atom stereocenters. The molecule has 0 radical (unpaired) electrons. The van der Waals surface area contributed by atoms with Crippen LogP contribution in [0.1, 0.15) is 0 Å². The molecule has 0 saturated heterocycles. The zero-order valence-electron chi connectivity index (χ0n) is 13.2. The molecular weight excluding hydrogens is 369 g/mol. The molecule has 122 valence electrons. The van der Waals surface area contributed by atoms with E-state index in [2.05, 4.69) is 58.7 Å². The van der Waals surface area contributed by atoms with Crippen molar-refractivity contribution < 1.29 is 3.96 Å². The highest BCUT2D eigenvalue weighted by atomic mass is 35.5. The molecule has 0 aliphatic carbocycles. The second-order valence-corrected chi connectivity index (χ2v) is 7.44. The lowest BCUT2D eigenvalue weighted by Crippen LogP contribution is -2.24. The SMILES string of the molecule is Clc1ccc(Cl)c(-[n+]2cc(-c3ccccc3)c(-c3ccccc3)s2)c1. The Kier molecular flexibility index (Phi) is 4.58. The van der Waals surface area contributed by atoms with Crippen molar-refractivity contribution in [1.29, 1.82) is 0 Å². The maximum absolute atomic E-state index is 6.41. The van der Waals surface area contributed by atoms with Crippen LogP contribution >= 0.6 is 34.7 Å². The molecule has 0 spiro atoms. The Bertz CT molecular complexity index is 954. The first kappa shape index (κ1) is 16.3. The van der Waals surface area contributed by atoms with Crippen molar-refractivity contribution in [1.82, 2.24) is 0 Å². The van der Waals surface area contributed by atoms with Gasteiger partial charge in [-0.05, 0) is 23.3 Å². The zero-order chi connectivity index (χ0) is 17.2. The van der Waals surface area contributed by atoms with Crippen LogP contribution in [0, 0.1) is 0 Å². The molecule has 0 amide bonds. The molecule has 3 aromatic carbocycles. The number of nitrogens with zero attached hydrogens (tertiary/aromatic N) is 1. The second kappa shape index (κ2) is 7.01. The summed E-state index contributed by atoms with van der Waals surface area (Å²) in [6, 6.07) is 26.3. The maximum Gasteiger partial charge on any atom is 0.244 e. The van der Waals surface area contributed by atoms with Gasteiger partial charge in [-0.15, -0.1) is 0 Å². The number of aromatic nitrogens is 1. The summed E-state index contributed by atoms with van der Waals surface area (Å²) in [5.41, 5.74) is 4.42. The molecule has 1 heterocycles. The van der Waals surface area contributed by atoms with E-state index in [0.717, 1.165) is 5.69 Å². The predicted octanol–water partition coefficient (Wildman–Crippen LogP) is 6.67. The van der Waals surface area contributed by atoms with Gasteiger partial charge in [0.25, 0.3) is 0 Å². The lowest BCUT2D eigenvalue weighted by atomic mass is 10.0. The van der Waals surface area contributed by atoms with Gasteiger partial charge in [0.15, 0.2) is 6.20 Å². The predicted molar refractivity (Wildman–Crippen MR) is 107 cm³/mol. The minimum atomic E-state index is 0.669. The van der Waals surface area contributed by atoms with Crippen LogP contribution in [0.2, 0.25) is 10.0 Å². The van der Waals surface area contributed by atoms with Gasteiger partial charge >= 0.3 is 0 Å². The number of rotatable bonds is 3. The maximum atomic E-state index is 6.41. The molecule has 0 saturated carbocycles. The smallest absolute Gasteiger partial charge is 0.0997 e. The first-order chi connectivity index (χ1) is 12.2. The van der Waals surface area contributed by atoms with E-state index in [1.54, 1.807) is 17.6 Å². The van der Waals surface area contributed by atoms with Gasteiger partial charge < -0.3 is 0 Å². The Balaban J connectivity index is 1.94. The van der Waals surface area contributed by atoms with Crippen molar-refractivity contribution in [3.05, 3.63) is 95.1 Å². The molecule has 0 aliphatic heterocycles. The molecule has 4 heteroatoms. The standard InChI is InChI=1S/C21H14Cl2NS/c22-17-11-12-19(23)20(13-17)24-14-18(15-7-3-1-4-8-15)21(25-24)16-9-5-2-6-10-16/h1-14H/q+1. The van der Waals surface area contributed by atoms with Crippen LogP contribution in [-0.4, -0.2) is 0 Å². The average molecular weight is 383 g/mol. The third-order valence-electron chi connectivity index (χ3n) is 3.95. The fourth-order valence-electron chi connectivity index (χ4n) is 2.74. The number of benzene rings is 3. The quantitative estimate of drug-likeness (QED) is 0.348. The minimum Gasteiger partial charge on any atom is -0.0997 e. The largest absolute Gasteiger partial charge is 0.244 e. The second-order valence-electron chi connectivity index (χ2n) is 5.62. The molecule has 1 aromatic heterocycles. The third kappa shape index (κ3) is 3.34. The van der Waals surface area contributed by atoms with Gasteiger partial charge in [-0.3, -0.25) is 0 Å². The summed E-state index contributed by atoms with van der Waals surface area (Å²) in [6.07, 6.45) is 2.12. The molecule has 0 N–H and O–H groups in total. The summed E-state index contributed by atoms with van der Waals surface area (Å²) in [5, 5.41) is 1.35. The molecular formula is C21H14Cl2NS+. The average Bonchev–Trinajstić information content (AvgIpc) is 3.10. The van der Waals surface area contributed by atoms with Gasteiger partial charge in [-0.1, -0.05) is 87.8 Å². The van der Waals surface area contributed by atoms with Crippen LogP contribution in [0.4, 0.5) is 0 Å². The Morgan fingerprint density at radius 1 is 0.720 bits per heavy atom.